The zero-order valence-corrected chi connectivity index (χ0v) is 24.7. The van der Waals surface area contributed by atoms with Crippen LogP contribution in [0.3, 0.4) is 0 Å². The first-order valence-electron chi connectivity index (χ1n) is 13.0. The lowest BCUT2D eigenvalue weighted by Crippen LogP contribution is -2.08. The molecule has 5 aromatic rings. The molecule has 0 aliphatic heterocycles. The number of rotatable bonds is 7. The Morgan fingerprint density at radius 1 is 0.732 bits per heavy atom. The zero-order chi connectivity index (χ0) is 29.3. The number of imidazole rings is 2. The fraction of sp³-hybridized carbons (Fsp3) is 0.188. The Bertz CT molecular complexity index is 1820. The SMILES string of the molecule is CN(C)c1ccc(-c2nc(-c3ccc(/C=C/c4nc(C#N)c(C#N)n4C)s3)n(C)c2-c2ccc(N(C)C)cc2)cc1. The molecule has 0 amide bonds. The highest BCUT2D eigenvalue weighted by Crippen LogP contribution is 2.38. The molecule has 2 aromatic carbocycles. The number of hydrogen-bond donors (Lipinski definition) is 0. The lowest BCUT2D eigenvalue weighted by atomic mass is 10.0. The number of thiophene rings is 1. The number of hydrogen-bond acceptors (Lipinski definition) is 7. The zero-order valence-electron chi connectivity index (χ0n) is 23.9. The molecule has 9 heteroatoms. The van der Waals surface area contributed by atoms with Crippen molar-refractivity contribution in [2.45, 2.75) is 0 Å². The van der Waals surface area contributed by atoms with Gasteiger partial charge in [-0.15, -0.1) is 11.3 Å². The van der Waals surface area contributed by atoms with Gasteiger partial charge in [0.15, 0.2) is 17.2 Å². The molecule has 0 atom stereocenters. The van der Waals surface area contributed by atoms with Gasteiger partial charge >= 0.3 is 0 Å². The van der Waals surface area contributed by atoms with Crippen molar-refractivity contribution in [1.29, 1.82) is 10.5 Å². The Labute approximate surface area is 244 Å². The summed E-state index contributed by atoms with van der Waals surface area (Å²) in [5.41, 5.74) is 6.78. The summed E-state index contributed by atoms with van der Waals surface area (Å²) in [6.07, 6.45) is 3.77. The molecule has 0 spiro atoms. The Kier molecular flexibility index (Phi) is 7.47. The van der Waals surface area contributed by atoms with E-state index in [1.807, 2.05) is 58.5 Å². The highest BCUT2D eigenvalue weighted by Gasteiger charge is 2.20. The van der Waals surface area contributed by atoms with Crippen LogP contribution in [0, 0.1) is 22.7 Å². The minimum absolute atomic E-state index is 0.131. The average Bonchev–Trinajstić information content (AvgIpc) is 3.66. The molecule has 0 saturated carbocycles. The van der Waals surface area contributed by atoms with Gasteiger partial charge < -0.3 is 18.9 Å². The van der Waals surface area contributed by atoms with Crippen molar-refractivity contribution >= 4 is 34.9 Å². The quantitative estimate of drug-likeness (QED) is 0.234. The molecule has 3 aromatic heterocycles. The lowest BCUT2D eigenvalue weighted by molar-refractivity contribution is 0.882. The highest BCUT2D eigenvalue weighted by molar-refractivity contribution is 7.16. The number of benzene rings is 2. The molecule has 0 unspecified atom stereocenters. The highest BCUT2D eigenvalue weighted by atomic mass is 32.1. The van der Waals surface area contributed by atoms with Crippen LogP contribution in [0.15, 0.2) is 60.7 Å². The molecule has 0 saturated heterocycles. The molecule has 0 aliphatic rings. The van der Waals surface area contributed by atoms with Gasteiger partial charge in [0.25, 0.3) is 0 Å². The van der Waals surface area contributed by atoms with Crippen molar-refractivity contribution in [3.63, 3.8) is 0 Å². The summed E-state index contributed by atoms with van der Waals surface area (Å²) < 4.78 is 3.79. The van der Waals surface area contributed by atoms with Gasteiger partial charge in [0, 0.05) is 69.7 Å². The fourth-order valence-electron chi connectivity index (χ4n) is 4.68. The summed E-state index contributed by atoms with van der Waals surface area (Å²) in [7, 11) is 11.9. The Balaban J connectivity index is 1.56. The molecule has 5 rings (SSSR count). The van der Waals surface area contributed by atoms with Crippen molar-refractivity contribution in [1.82, 2.24) is 19.1 Å². The molecule has 0 radical (unpaired) electrons. The van der Waals surface area contributed by atoms with E-state index in [1.54, 1.807) is 23.0 Å². The van der Waals surface area contributed by atoms with Crippen LogP contribution in [0.4, 0.5) is 11.4 Å². The van der Waals surface area contributed by atoms with Crippen molar-refractivity contribution in [3.8, 4) is 45.4 Å². The third kappa shape index (κ3) is 5.23. The predicted molar refractivity (Wildman–Crippen MR) is 168 cm³/mol. The second-order valence-electron chi connectivity index (χ2n) is 10.1. The van der Waals surface area contributed by atoms with Crippen molar-refractivity contribution in [3.05, 3.63) is 82.8 Å². The van der Waals surface area contributed by atoms with Gasteiger partial charge in [0.1, 0.15) is 18.0 Å². The van der Waals surface area contributed by atoms with Gasteiger partial charge in [-0.2, -0.15) is 10.5 Å². The van der Waals surface area contributed by atoms with Crippen molar-refractivity contribution in [2.75, 3.05) is 38.0 Å². The van der Waals surface area contributed by atoms with Gasteiger partial charge in [-0.3, -0.25) is 0 Å². The molecule has 0 N–H and O–H groups in total. The van der Waals surface area contributed by atoms with Crippen LogP contribution in [0.1, 0.15) is 22.1 Å². The monoisotopic (exact) mass is 558 g/mol. The van der Waals surface area contributed by atoms with E-state index >= 15 is 0 Å². The second kappa shape index (κ2) is 11.2. The number of nitriles is 2. The number of anilines is 2. The van der Waals surface area contributed by atoms with Crippen LogP contribution >= 0.6 is 11.3 Å². The largest absolute Gasteiger partial charge is 0.378 e. The van der Waals surface area contributed by atoms with Crippen LogP contribution in [-0.4, -0.2) is 47.3 Å². The van der Waals surface area contributed by atoms with Gasteiger partial charge in [-0.1, -0.05) is 24.3 Å². The van der Waals surface area contributed by atoms with Gasteiger partial charge in [-0.25, -0.2) is 9.97 Å². The summed E-state index contributed by atoms with van der Waals surface area (Å²) >= 11 is 1.62. The Morgan fingerprint density at radius 3 is 1.88 bits per heavy atom. The first kappa shape index (κ1) is 27.4. The Hall–Kier alpha value is -5.12. The van der Waals surface area contributed by atoms with Gasteiger partial charge in [0.2, 0.25) is 0 Å². The van der Waals surface area contributed by atoms with Crippen LogP contribution in [0.25, 0.3) is 45.4 Å². The third-order valence-electron chi connectivity index (χ3n) is 6.99. The molecule has 0 bridgehead atoms. The molecule has 204 valence electrons. The first-order valence-corrected chi connectivity index (χ1v) is 13.8. The van der Waals surface area contributed by atoms with E-state index in [9.17, 15) is 10.5 Å². The van der Waals surface area contributed by atoms with Gasteiger partial charge in [0.05, 0.1) is 16.3 Å². The Morgan fingerprint density at radius 2 is 1.34 bits per heavy atom. The maximum Gasteiger partial charge on any atom is 0.177 e. The van der Waals surface area contributed by atoms with Gasteiger partial charge in [-0.05, 0) is 48.6 Å². The lowest BCUT2D eigenvalue weighted by Gasteiger charge is -2.14. The molecule has 0 fully saturated rings. The first-order chi connectivity index (χ1) is 19.7. The summed E-state index contributed by atoms with van der Waals surface area (Å²) in [6, 6.07) is 25.2. The van der Waals surface area contributed by atoms with Crippen LogP contribution in [-0.2, 0) is 14.1 Å². The van der Waals surface area contributed by atoms with E-state index < -0.39 is 0 Å². The second-order valence-corrected chi connectivity index (χ2v) is 11.2. The topological polar surface area (TPSA) is 89.7 Å². The minimum Gasteiger partial charge on any atom is -0.378 e. The molecule has 0 aliphatic carbocycles. The summed E-state index contributed by atoms with van der Waals surface area (Å²) in [5.74, 6) is 1.43. The fourth-order valence-corrected chi connectivity index (χ4v) is 5.61. The summed E-state index contributed by atoms with van der Waals surface area (Å²) in [5, 5.41) is 18.6. The molecular formula is C32H30N8S. The van der Waals surface area contributed by atoms with E-state index in [0.29, 0.717) is 5.82 Å². The van der Waals surface area contributed by atoms with Crippen LogP contribution in [0.5, 0.6) is 0 Å². The average molecular weight is 559 g/mol. The molecule has 8 nitrogen and oxygen atoms in total. The van der Waals surface area contributed by atoms with E-state index in [1.165, 1.54) is 0 Å². The molecule has 41 heavy (non-hydrogen) atoms. The van der Waals surface area contributed by atoms with Crippen molar-refractivity contribution in [2.24, 2.45) is 14.1 Å². The maximum absolute atomic E-state index is 9.35. The standard InChI is InChI=1S/C32H30N8S/c1-37(2)23-11-7-21(8-12-23)30-31(22-9-13-24(14-10-22)38(3)4)40(6)32(36-30)28-17-15-25(41-28)16-18-29-35-26(19-33)27(20-34)39(29)5/h7-18H,1-6H3/b18-16+. The van der Waals surface area contributed by atoms with Crippen LogP contribution in [0.2, 0.25) is 0 Å². The van der Waals surface area contributed by atoms with E-state index in [0.717, 1.165) is 49.5 Å². The number of nitrogens with zero attached hydrogens (tertiary/aromatic N) is 8. The van der Waals surface area contributed by atoms with Crippen LogP contribution < -0.4 is 9.80 Å². The van der Waals surface area contributed by atoms with E-state index in [4.69, 9.17) is 4.98 Å². The minimum atomic E-state index is 0.131. The number of aromatic nitrogens is 4. The van der Waals surface area contributed by atoms with Crippen molar-refractivity contribution < 1.29 is 0 Å². The maximum atomic E-state index is 9.35. The molecule has 3 heterocycles. The van der Waals surface area contributed by atoms with E-state index in [-0.39, 0.29) is 11.4 Å². The van der Waals surface area contributed by atoms with E-state index in [2.05, 4.69) is 81.0 Å². The summed E-state index contributed by atoms with van der Waals surface area (Å²) in [6.45, 7) is 0. The molecular weight excluding hydrogens is 528 g/mol. The smallest absolute Gasteiger partial charge is 0.177 e. The predicted octanol–water partition coefficient (Wildman–Crippen LogP) is 6.26. The summed E-state index contributed by atoms with van der Waals surface area (Å²) in [4.78, 5) is 15.7. The third-order valence-corrected chi connectivity index (χ3v) is 8.04. The normalized spacial score (nSPS) is 11.0.